The van der Waals surface area contributed by atoms with Gasteiger partial charge in [0.2, 0.25) is 0 Å². The van der Waals surface area contributed by atoms with Crippen molar-refractivity contribution in [1.29, 1.82) is 0 Å². The molecule has 0 aliphatic rings. The molecule has 0 spiro atoms. The van der Waals surface area contributed by atoms with E-state index in [1.807, 2.05) is 0 Å². The van der Waals surface area contributed by atoms with Crippen LogP contribution in [0.3, 0.4) is 0 Å². The van der Waals surface area contributed by atoms with Gasteiger partial charge >= 0.3 is 7.25 Å². The van der Waals surface area contributed by atoms with Crippen molar-refractivity contribution in [3.05, 3.63) is 6.33 Å². The molecule has 10 heavy (non-hydrogen) atoms. The fourth-order valence-electron chi connectivity index (χ4n) is 0.144. The van der Waals surface area contributed by atoms with Gasteiger partial charge in [-0.3, -0.25) is 0 Å². The Labute approximate surface area is 52.7 Å². The Bertz CT molecular complexity index is 124. The number of hydrogen-bond acceptors (Lipinski definition) is 2. The first-order chi connectivity index (χ1) is 4.50. The zero-order valence-electron chi connectivity index (χ0n) is 4.56. The lowest BCUT2D eigenvalue weighted by Gasteiger charge is -1.94. The molecule has 0 aliphatic carbocycles. The SMILES string of the molecule is F[B-](F)(F)F.c1nn[nH+][nH]1. The van der Waals surface area contributed by atoms with Crippen LogP contribution in [0.5, 0.6) is 0 Å². The highest BCUT2D eigenvalue weighted by Crippen LogP contribution is 2.06. The number of tetrazole rings is 1. The topological polar surface area (TPSA) is 55.7 Å². The molecule has 0 amide bonds. The Morgan fingerprint density at radius 2 is 1.80 bits per heavy atom. The Morgan fingerprint density at radius 1 is 1.30 bits per heavy atom. The summed E-state index contributed by atoms with van der Waals surface area (Å²) < 4.78 is 39.0. The highest BCUT2D eigenvalue weighted by Gasteiger charge is 2.20. The van der Waals surface area contributed by atoms with Gasteiger partial charge in [-0.05, 0) is 0 Å². The predicted octanol–water partition coefficient (Wildman–Crippen LogP) is -0.0812. The normalized spacial score (nSPS) is 10.0. The molecule has 0 fully saturated rings. The minimum atomic E-state index is -6.00. The van der Waals surface area contributed by atoms with E-state index in [1.165, 1.54) is 6.33 Å². The largest absolute Gasteiger partial charge is 0.673 e. The highest BCUT2D eigenvalue weighted by atomic mass is 19.5. The molecule has 0 atom stereocenters. The van der Waals surface area contributed by atoms with Gasteiger partial charge in [-0.15, -0.1) is 0 Å². The summed E-state index contributed by atoms with van der Waals surface area (Å²) in [6.07, 6.45) is 1.46. The zero-order chi connectivity index (χ0) is 8.04. The van der Waals surface area contributed by atoms with Crippen LogP contribution >= 0.6 is 0 Å². The number of H-pyrrole nitrogens is 2. The molecule has 4 nitrogen and oxygen atoms in total. The smallest absolute Gasteiger partial charge is 0.418 e. The van der Waals surface area contributed by atoms with Gasteiger partial charge < -0.3 is 17.3 Å². The fourth-order valence-corrected chi connectivity index (χ4v) is 0.144. The monoisotopic (exact) mass is 158 g/mol. The molecule has 0 saturated carbocycles. The third kappa shape index (κ3) is 15.8. The van der Waals surface area contributed by atoms with Gasteiger partial charge in [-0.25, -0.2) is 0 Å². The van der Waals surface area contributed by atoms with E-state index in [9.17, 15) is 17.3 Å². The van der Waals surface area contributed by atoms with Gasteiger partial charge in [0, 0.05) is 0 Å². The summed E-state index contributed by atoms with van der Waals surface area (Å²) in [6, 6.07) is 0. The van der Waals surface area contributed by atoms with Crippen LogP contribution in [0.2, 0.25) is 0 Å². The molecule has 2 N–H and O–H groups in total. The van der Waals surface area contributed by atoms with Crippen molar-refractivity contribution >= 4 is 7.25 Å². The lowest BCUT2D eigenvalue weighted by atomic mass is 10.3. The molecule has 1 aromatic rings. The van der Waals surface area contributed by atoms with E-state index in [-0.39, 0.29) is 0 Å². The van der Waals surface area contributed by atoms with E-state index in [4.69, 9.17) is 0 Å². The molecular formula is CH3BF4N4. The maximum atomic E-state index is 9.75. The molecule has 0 aromatic carbocycles. The van der Waals surface area contributed by atoms with Gasteiger partial charge in [-0.1, -0.05) is 5.21 Å². The second kappa shape index (κ2) is 3.80. The summed E-state index contributed by atoms with van der Waals surface area (Å²) in [6.45, 7) is 0. The number of aromatic amines is 2. The molecular weight excluding hydrogens is 155 g/mol. The first-order valence-electron chi connectivity index (χ1n) is 2.09. The van der Waals surface area contributed by atoms with Gasteiger partial charge in [0.05, 0.1) is 5.10 Å². The Kier molecular flexibility index (Phi) is 3.37. The van der Waals surface area contributed by atoms with Crippen molar-refractivity contribution in [1.82, 2.24) is 15.4 Å². The van der Waals surface area contributed by atoms with Gasteiger partial charge in [-0.2, -0.15) is 5.10 Å². The minimum absolute atomic E-state index is 1.46. The van der Waals surface area contributed by atoms with Gasteiger partial charge in [0.15, 0.2) is 5.21 Å². The number of nitrogens with one attached hydrogen (secondary N) is 2. The minimum Gasteiger partial charge on any atom is -0.418 e. The maximum Gasteiger partial charge on any atom is 0.673 e. The van der Waals surface area contributed by atoms with Gasteiger partial charge in [0.1, 0.15) is 0 Å². The van der Waals surface area contributed by atoms with Crippen LogP contribution in [0.15, 0.2) is 6.33 Å². The number of halogens is 4. The lowest BCUT2D eigenvalue weighted by molar-refractivity contribution is -0.521. The molecule has 58 valence electrons. The van der Waals surface area contributed by atoms with Crippen LogP contribution in [0.1, 0.15) is 0 Å². The summed E-state index contributed by atoms with van der Waals surface area (Å²) >= 11 is 0. The van der Waals surface area contributed by atoms with Crippen LogP contribution in [-0.2, 0) is 0 Å². The molecule has 1 rings (SSSR count). The molecule has 0 saturated heterocycles. The standard InChI is InChI=1S/CH2N4.BF4/c1-2-4-5-3-1;2-1(3,4)5/h1H,(H,2,3,4,5);/q;-1/p+1. The van der Waals surface area contributed by atoms with Crippen LogP contribution in [-0.4, -0.2) is 22.7 Å². The van der Waals surface area contributed by atoms with Crippen molar-refractivity contribution < 1.29 is 22.5 Å². The number of nitrogens with zero attached hydrogens (tertiary/aromatic N) is 2. The number of hydrogen-bond donors (Lipinski definition) is 1. The van der Waals surface area contributed by atoms with Crippen LogP contribution in [0.4, 0.5) is 17.3 Å². The molecule has 0 bridgehead atoms. The predicted molar refractivity (Wildman–Crippen MR) is 23.1 cm³/mol. The first kappa shape index (κ1) is 8.85. The second-order valence-corrected chi connectivity index (χ2v) is 1.10. The summed E-state index contributed by atoms with van der Waals surface area (Å²) in [4.78, 5) is 0. The second-order valence-electron chi connectivity index (χ2n) is 1.10. The van der Waals surface area contributed by atoms with Crippen molar-refractivity contribution in [3.8, 4) is 0 Å². The fraction of sp³-hybridized carbons (Fsp3) is 0. The van der Waals surface area contributed by atoms with Crippen LogP contribution in [0, 0.1) is 0 Å². The Balaban J connectivity index is 0.000000162. The zero-order valence-corrected chi connectivity index (χ0v) is 4.56. The van der Waals surface area contributed by atoms with E-state index < -0.39 is 7.25 Å². The Hall–Kier alpha value is -1.15. The van der Waals surface area contributed by atoms with Gasteiger partial charge in [0.25, 0.3) is 6.33 Å². The summed E-state index contributed by atoms with van der Waals surface area (Å²) in [5.41, 5.74) is 0. The van der Waals surface area contributed by atoms with E-state index >= 15 is 0 Å². The van der Waals surface area contributed by atoms with Crippen molar-refractivity contribution in [3.63, 3.8) is 0 Å². The van der Waals surface area contributed by atoms with Crippen molar-refractivity contribution in [2.45, 2.75) is 0 Å². The Morgan fingerprint density at radius 3 is 1.90 bits per heavy atom. The summed E-state index contributed by atoms with van der Waals surface area (Å²) in [5.74, 6) is 0. The van der Waals surface area contributed by atoms with E-state index in [0.717, 1.165) is 0 Å². The molecule has 1 heterocycles. The summed E-state index contributed by atoms with van der Waals surface area (Å²) in [5, 5.41) is 11.5. The molecule has 0 aliphatic heterocycles. The molecule has 0 unspecified atom stereocenters. The summed E-state index contributed by atoms with van der Waals surface area (Å²) in [7, 11) is -6.00. The first-order valence-corrected chi connectivity index (χ1v) is 2.09. The lowest BCUT2D eigenvalue weighted by Crippen LogP contribution is -2.03. The average molecular weight is 158 g/mol. The van der Waals surface area contributed by atoms with Crippen molar-refractivity contribution in [2.24, 2.45) is 0 Å². The van der Waals surface area contributed by atoms with Crippen molar-refractivity contribution in [2.75, 3.05) is 0 Å². The van der Waals surface area contributed by atoms with Crippen LogP contribution in [0.25, 0.3) is 0 Å². The average Bonchev–Trinajstić information content (AvgIpc) is 2.07. The third-order valence-corrected chi connectivity index (χ3v) is 0.295. The highest BCUT2D eigenvalue weighted by molar-refractivity contribution is 6.50. The molecule has 9 heteroatoms. The number of aromatic nitrogens is 4. The quantitative estimate of drug-likeness (QED) is 0.423. The third-order valence-electron chi connectivity index (χ3n) is 0.295. The maximum absolute atomic E-state index is 9.75. The van der Waals surface area contributed by atoms with E-state index in [0.29, 0.717) is 0 Å². The molecule has 0 radical (unpaired) electrons. The van der Waals surface area contributed by atoms with Crippen LogP contribution < -0.4 is 5.21 Å². The number of rotatable bonds is 0. The van der Waals surface area contributed by atoms with E-state index in [1.54, 1.807) is 0 Å². The van der Waals surface area contributed by atoms with E-state index in [2.05, 4.69) is 20.6 Å². The molecule has 1 aromatic heterocycles.